The van der Waals surface area contributed by atoms with E-state index in [9.17, 15) is 0 Å². The first kappa shape index (κ1) is 3.53. The van der Waals surface area contributed by atoms with Crippen LogP contribution in [0.2, 0.25) is 0 Å². The molecule has 6 heavy (non-hydrogen) atoms. The van der Waals surface area contributed by atoms with Gasteiger partial charge >= 0.3 is 6.73 Å². The molecular formula is C4H5NO. The minimum Gasteiger partial charge on any atom is -0.462 e. The van der Waals surface area contributed by atoms with Gasteiger partial charge in [0.15, 0.2) is 0 Å². The molecule has 0 aromatic carbocycles. The van der Waals surface area contributed by atoms with Crippen molar-refractivity contribution in [3.63, 3.8) is 0 Å². The van der Waals surface area contributed by atoms with Gasteiger partial charge in [0.2, 0.25) is 0 Å². The van der Waals surface area contributed by atoms with Gasteiger partial charge in [-0.15, -0.1) is 0 Å². The Bertz CT molecular complexity index is 77.6. The first-order chi connectivity index (χ1) is 2.89. The Morgan fingerprint density at radius 2 is 2.83 bits per heavy atom. The maximum absolute atomic E-state index is 4.53. The molecule has 0 bridgehead atoms. The van der Waals surface area contributed by atoms with Gasteiger partial charge in [-0.3, -0.25) is 0 Å². The van der Waals surface area contributed by atoms with Crippen molar-refractivity contribution in [3.8, 4) is 0 Å². The summed E-state index contributed by atoms with van der Waals surface area (Å²) in [6.07, 6.45) is 1.60. The van der Waals surface area contributed by atoms with E-state index >= 15 is 0 Å². The van der Waals surface area contributed by atoms with Crippen LogP contribution in [0.15, 0.2) is 12.0 Å². The Kier molecular flexibility index (Phi) is 0.708. The molecule has 0 atom stereocenters. The Morgan fingerprint density at radius 3 is 3.00 bits per heavy atom. The summed E-state index contributed by atoms with van der Waals surface area (Å²) in [5, 5.41) is 2.71. The van der Waals surface area contributed by atoms with Crippen LogP contribution in [-0.2, 0) is 4.74 Å². The summed E-state index contributed by atoms with van der Waals surface area (Å²) in [4.78, 5) is 0. The number of ether oxygens (including phenoxy) is 1. The first-order valence-electron chi connectivity index (χ1n) is 1.73. The molecule has 0 amide bonds. The maximum atomic E-state index is 4.53. The second-order valence-electron chi connectivity index (χ2n) is 1.15. The molecule has 1 aliphatic heterocycles. The topological polar surface area (TPSA) is 21.3 Å². The van der Waals surface area contributed by atoms with Gasteiger partial charge in [-0.05, 0) is 6.92 Å². The fourth-order valence-corrected chi connectivity index (χ4v) is 0.257. The summed E-state index contributed by atoms with van der Waals surface area (Å²) in [7, 11) is 0. The number of nitrogens with one attached hydrogen (secondary N) is 1. The van der Waals surface area contributed by atoms with Crippen LogP contribution >= 0.6 is 0 Å². The zero-order valence-corrected chi connectivity index (χ0v) is 3.49. The van der Waals surface area contributed by atoms with E-state index in [1.807, 2.05) is 6.92 Å². The van der Waals surface area contributed by atoms with E-state index in [-0.39, 0.29) is 0 Å². The molecule has 1 heterocycles. The zero-order valence-electron chi connectivity index (χ0n) is 3.49. The van der Waals surface area contributed by atoms with Crippen LogP contribution in [0, 0.1) is 6.73 Å². The minimum atomic E-state index is 0.995. The summed E-state index contributed by atoms with van der Waals surface area (Å²) >= 11 is 0. The van der Waals surface area contributed by atoms with E-state index in [0.29, 0.717) is 0 Å². The summed E-state index contributed by atoms with van der Waals surface area (Å²) in [6, 6.07) is 0. The van der Waals surface area contributed by atoms with E-state index in [4.69, 9.17) is 0 Å². The van der Waals surface area contributed by atoms with Gasteiger partial charge in [0, 0.05) is 5.70 Å². The average Bonchev–Trinajstić information content (AvgIpc) is 1.86. The van der Waals surface area contributed by atoms with Crippen molar-refractivity contribution in [2.75, 3.05) is 0 Å². The summed E-state index contributed by atoms with van der Waals surface area (Å²) < 4.78 is 4.53. The SMILES string of the molecule is CC1=CO[C]N1. The van der Waals surface area contributed by atoms with E-state index in [1.54, 1.807) is 6.26 Å². The number of rotatable bonds is 0. The fourth-order valence-electron chi connectivity index (χ4n) is 0.257. The highest BCUT2D eigenvalue weighted by atomic mass is 16.5. The normalized spacial score (nSPS) is 18.5. The molecule has 0 saturated carbocycles. The summed E-state index contributed by atoms with van der Waals surface area (Å²) in [5.74, 6) is 0. The largest absolute Gasteiger partial charge is 0.462 e. The molecule has 0 aromatic heterocycles. The molecule has 32 valence electrons. The van der Waals surface area contributed by atoms with Crippen LogP contribution in [0.5, 0.6) is 0 Å². The van der Waals surface area contributed by atoms with Crippen LogP contribution in [0.1, 0.15) is 6.92 Å². The average molecular weight is 83.1 g/mol. The van der Waals surface area contributed by atoms with E-state index in [1.165, 1.54) is 0 Å². The molecule has 2 radical (unpaired) electrons. The standard InChI is InChI=1S/C4H5NO/c1-4-2-6-3-5-4/h2,5H,1H3. The molecule has 1 N–H and O–H groups in total. The molecule has 0 spiro atoms. The van der Waals surface area contributed by atoms with Gasteiger partial charge in [-0.1, -0.05) is 0 Å². The highest BCUT2D eigenvalue weighted by molar-refractivity contribution is 4.96. The number of hydrogen-bond donors (Lipinski definition) is 1. The highest BCUT2D eigenvalue weighted by Crippen LogP contribution is 1.96. The molecule has 0 saturated heterocycles. The van der Waals surface area contributed by atoms with Gasteiger partial charge in [-0.25, -0.2) is 0 Å². The van der Waals surface area contributed by atoms with Gasteiger partial charge in [0.25, 0.3) is 0 Å². The monoisotopic (exact) mass is 83.0 g/mol. The van der Waals surface area contributed by atoms with E-state index < -0.39 is 0 Å². The molecule has 0 aromatic rings. The van der Waals surface area contributed by atoms with Crippen LogP contribution in [0.4, 0.5) is 0 Å². The lowest BCUT2D eigenvalue weighted by Gasteiger charge is -1.82. The first-order valence-corrected chi connectivity index (χ1v) is 1.73. The third-order valence-corrected chi connectivity index (χ3v) is 0.543. The molecule has 0 unspecified atom stereocenters. The second-order valence-corrected chi connectivity index (χ2v) is 1.15. The van der Waals surface area contributed by atoms with Crippen molar-refractivity contribution in [3.05, 3.63) is 18.7 Å². The van der Waals surface area contributed by atoms with Gasteiger partial charge in [-0.2, -0.15) is 0 Å². The maximum Gasteiger partial charge on any atom is 0.311 e. The predicted octanol–water partition coefficient (Wildman–Crippen LogP) is 0.464. The molecule has 1 rings (SSSR count). The van der Waals surface area contributed by atoms with Crippen LogP contribution in [0.3, 0.4) is 0 Å². The lowest BCUT2D eigenvalue weighted by Crippen LogP contribution is -1.97. The van der Waals surface area contributed by atoms with Crippen molar-refractivity contribution in [1.29, 1.82) is 0 Å². The zero-order chi connectivity index (χ0) is 4.41. The van der Waals surface area contributed by atoms with Crippen molar-refractivity contribution in [2.24, 2.45) is 0 Å². The molecule has 2 heteroatoms. The summed E-state index contributed by atoms with van der Waals surface area (Å²) in [6.45, 7) is 4.33. The smallest absolute Gasteiger partial charge is 0.311 e. The molecule has 1 aliphatic rings. The Balaban J connectivity index is 2.45. The van der Waals surface area contributed by atoms with Gasteiger partial charge in [0.05, 0.1) is 0 Å². The third kappa shape index (κ3) is 0.455. The van der Waals surface area contributed by atoms with Crippen molar-refractivity contribution < 1.29 is 4.74 Å². The van der Waals surface area contributed by atoms with Crippen LogP contribution in [0.25, 0.3) is 0 Å². The lowest BCUT2D eigenvalue weighted by molar-refractivity contribution is 0.345. The van der Waals surface area contributed by atoms with Gasteiger partial charge < -0.3 is 10.1 Å². The highest BCUT2D eigenvalue weighted by Gasteiger charge is 1.95. The third-order valence-electron chi connectivity index (χ3n) is 0.543. The second kappa shape index (κ2) is 1.20. The minimum absolute atomic E-state index is 0.995. The number of hydrogen-bond acceptors (Lipinski definition) is 2. The van der Waals surface area contributed by atoms with Gasteiger partial charge in [0.1, 0.15) is 6.26 Å². The van der Waals surface area contributed by atoms with Crippen LogP contribution < -0.4 is 5.32 Å². The predicted molar refractivity (Wildman–Crippen MR) is 21.2 cm³/mol. The van der Waals surface area contributed by atoms with Crippen molar-refractivity contribution >= 4 is 0 Å². The lowest BCUT2D eigenvalue weighted by atomic mass is 10.6. The number of allylic oxidation sites excluding steroid dienone is 1. The molecule has 2 nitrogen and oxygen atoms in total. The van der Waals surface area contributed by atoms with E-state index in [0.717, 1.165) is 5.70 Å². The molecule has 0 aliphatic carbocycles. The Labute approximate surface area is 36.8 Å². The molecular weight excluding hydrogens is 78.1 g/mol. The van der Waals surface area contributed by atoms with Crippen molar-refractivity contribution in [2.45, 2.75) is 6.92 Å². The quantitative estimate of drug-likeness (QED) is 0.459. The fraction of sp³-hybridized carbons (Fsp3) is 0.250. The molecule has 0 fully saturated rings. The summed E-state index contributed by atoms with van der Waals surface area (Å²) in [5.41, 5.74) is 0.995. The Hall–Kier alpha value is -0.660. The van der Waals surface area contributed by atoms with Crippen molar-refractivity contribution in [1.82, 2.24) is 5.32 Å². The Morgan fingerprint density at radius 1 is 2.00 bits per heavy atom. The van der Waals surface area contributed by atoms with Crippen LogP contribution in [-0.4, -0.2) is 0 Å². The van der Waals surface area contributed by atoms with E-state index in [2.05, 4.69) is 16.8 Å².